The quantitative estimate of drug-likeness (QED) is 0.419. The molecular weight excluding hydrogens is 282 g/mol. The molecule has 21 heavy (non-hydrogen) atoms. The fourth-order valence-electron chi connectivity index (χ4n) is 1.89. The van der Waals surface area contributed by atoms with E-state index in [0.717, 1.165) is 24.8 Å². The summed E-state index contributed by atoms with van der Waals surface area (Å²) in [5, 5.41) is 0. The van der Waals surface area contributed by atoms with Crippen LogP contribution in [-0.2, 0) is 10.0 Å². The predicted octanol–water partition coefficient (Wildman–Crippen LogP) is 3.37. The van der Waals surface area contributed by atoms with Gasteiger partial charge in [-0.1, -0.05) is 29.7 Å². The molecule has 114 valence electrons. The number of hydrogen-bond acceptors (Lipinski definition) is 2. The van der Waals surface area contributed by atoms with Crippen molar-refractivity contribution in [2.24, 2.45) is 0 Å². The molecule has 0 amide bonds. The topological polar surface area (TPSA) is 37.4 Å². The van der Waals surface area contributed by atoms with Crippen molar-refractivity contribution in [3.05, 3.63) is 42.5 Å². The van der Waals surface area contributed by atoms with Crippen molar-refractivity contribution in [3.8, 4) is 11.8 Å². The van der Waals surface area contributed by atoms with Gasteiger partial charge in [0.25, 0.3) is 0 Å². The molecule has 1 aromatic rings. The smallest absolute Gasteiger partial charge is 0.207 e. The van der Waals surface area contributed by atoms with Crippen LogP contribution >= 0.6 is 0 Å². The molecule has 1 rings (SSSR count). The van der Waals surface area contributed by atoms with Gasteiger partial charge in [0, 0.05) is 6.54 Å². The summed E-state index contributed by atoms with van der Waals surface area (Å²) in [6.07, 6.45) is 4.49. The van der Waals surface area contributed by atoms with Crippen LogP contribution in [0.25, 0.3) is 0 Å². The van der Waals surface area contributed by atoms with Gasteiger partial charge in [-0.2, -0.15) is 4.31 Å². The average Bonchev–Trinajstić information content (AvgIpc) is 2.46. The summed E-state index contributed by atoms with van der Waals surface area (Å²) >= 11 is 0. The Morgan fingerprint density at radius 1 is 1.24 bits per heavy atom. The maximum absolute atomic E-state index is 12.7. The summed E-state index contributed by atoms with van der Waals surface area (Å²) < 4.78 is 26.8. The van der Waals surface area contributed by atoms with Crippen molar-refractivity contribution < 1.29 is 8.42 Å². The summed E-state index contributed by atoms with van der Waals surface area (Å²) in [4.78, 5) is 0.328. The highest BCUT2D eigenvalue weighted by Crippen LogP contribution is 2.17. The van der Waals surface area contributed by atoms with Crippen LogP contribution in [-0.4, -0.2) is 25.8 Å². The Hall–Kier alpha value is -1.57. The molecule has 0 aliphatic heterocycles. The number of allylic oxidation sites excluding steroid dienone is 1. The van der Waals surface area contributed by atoms with E-state index in [-0.39, 0.29) is 6.54 Å². The lowest BCUT2D eigenvalue weighted by Gasteiger charge is -2.20. The Morgan fingerprint density at radius 3 is 2.48 bits per heavy atom. The minimum atomic E-state index is -3.47. The SMILES string of the molecule is C=CCCCCN(CC#CC)S(=O)(=O)c1ccc(C)cc1. The fourth-order valence-corrected chi connectivity index (χ4v) is 3.27. The number of unbranched alkanes of at least 4 members (excludes halogenated alkanes) is 2. The van der Waals surface area contributed by atoms with Gasteiger partial charge in [-0.15, -0.1) is 12.5 Å². The van der Waals surface area contributed by atoms with Crippen molar-refractivity contribution in [1.82, 2.24) is 4.31 Å². The number of nitrogens with zero attached hydrogens (tertiary/aromatic N) is 1. The molecule has 0 atom stereocenters. The third-order valence-electron chi connectivity index (χ3n) is 3.16. The summed E-state index contributed by atoms with van der Waals surface area (Å²) in [6, 6.07) is 6.93. The van der Waals surface area contributed by atoms with Gasteiger partial charge in [0.15, 0.2) is 0 Å². The van der Waals surface area contributed by atoms with Crippen molar-refractivity contribution in [2.75, 3.05) is 13.1 Å². The number of sulfonamides is 1. The van der Waals surface area contributed by atoms with E-state index in [0.29, 0.717) is 11.4 Å². The maximum atomic E-state index is 12.7. The van der Waals surface area contributed by atoms with E-state index in [1.807, 2.05) is 25.1 Å². The fraction of sp³-hybridized carbons (Fsp3) is 0.412. The molecule has 0 aliphatic carbocycles. The lowest BCUT2D eigenvalue weighted by atomic mass is 10.2. The molecule has 0 N–H and O–H groups in total. The highest BCUT2D eigenvalue weighted by Gasteiger charge is 2.22. The van der Waals surface area contributed by atoms with Crippen molar-refractivity contribution >= 4 is 10.0 Å². The number of aryl methyl sites for hydroxylation is 1. The van der Waals surface area contributed by atoms with Gasteiger partial charge in [-0.3, -0.25) is 0 Å². The second-order valence-corrected chi connectivity index (χ2v) is 6.80. The van der Waals surface area contributed by atoms with E-state index in [1.54, 1.807) is 19.1 Å². The second-order valence-electron chi connectivity index (χ2n) is 4.86. The van der Waals surface area contributed by atoms with Crippen LogP contribution in [0.4, 0.5) is 0 Å². The average molecular weight is 305 g/mol. The van der Waals surface area contributed by atoms with Crippen LogP contribution in [0.3, 0.4) is 0 Å². The van der Waals surface area contributed by atoms with Gasteiger partial charge in [-0.25, -0.2) is 8.42 Å². The first-order chi connectivity index (χ1) is 10.0. The molecule has 4 heteroatoms. The first-order valence-electron chi connectivity index (χ1n) is 7.09. The van der Waals surface area contributed by atoms with Crippen molar-refractivity contribution in [1.29, 1.82) is 0 Å². The predicted molar refractivity (Wildman–Crippen MR) is 87.4 cm³/mol. The molecule has 1 aromatic carbocycles. The van der Waals surface area contributed by atoms with Crippen molar-refractivity contribution in [2.45, 2.75) is 38.0 Å². The first-order valence-corrected chi connectivity index (χ1v) is 8.53. The van der Waals surface area contributed by atoms with Crippen LogP contribution in [0.15, 0.2) is 41.8 Å². The van der Waals surface area contributed by atoms with Gasteiger partial charge in [0.05, 0.1) is 11.4 Å². The summed E-state index contributed by atoms with van der Waals surface area (Å²) in [5.41, 5.74) is 1.04. The second kappa shape index (κ2) is 8.66. The lowest BCUT2D eigenvalue weighted by Crippen LogP contribution is -2.32. The zero-order chi connectivity index (χ0) is 15.7. The van der Waals surface area contributed by atoms with E-state index in [4.69, 9.17) is 0 Å². The van der Waals surface area contributed by atoms with Gasteiger partial charge in [0.2, 0.25) is 10.0 Å². The van der Waals surface area contributed by atoms with Crippen LogP contribution < -0.4 is 0 Å². The Bertz CT molecular complexity index is 606. The van der Waals surface area contributed by atoms with E-state index in [9.17, 15) is 8.42 Å². The molecule has 0 spiro atoms. The monoisotopic (exact) mass is 305 g/mol. The Balaban J connectivity index is 2.90. The molecule has 0 bridgehead atoms. The molecule has 0 saturated carbocycles. The Labute approximate surface area is 128 Å². The zero-order valence-corrected chi connectivity index (χ0v) is 13.6. The zero-order valence-electron chi connectivity index (χ0n) is 12.8. The third kappa shape index (κ3) is 5.37. The van der Waals surface area contributed by atoms with E-state index < -0.39 is 10.0 Å². The summed E-state index contributed by atoms with van der Waals surface area (Å²) in [7, 11) is -3.47. The molecule has 0 radical (unpaired) electrons. The Morgan fingerprint density at radius 2 is 1.90 bits per heavy atom. The van der Waals surface area contributed by atoms with E-state index in [1.165, 1.54) is 4.31 Å². The first kappa shape index (κ1) is 17.5. The van der Waals surface area contributed by atoms with E-state index in [2.05, 4.69) is 18.4 Å². The standard InChI is InChI=1S/C17H23NO2S/c1-4-6-8-9-15-18(14-7-5-2)21(19,20)17-12-10-16(3)11-13-17/h4,10-13H,1,6,8-9,14-15H2,2-3H3. The summed E-state index contributed by atoms with van der Waals surface area (Å²) in [5.74, 6) is 5.61. The molecule has 0 aromatic heterocycles. The van der Waals surface area contributed by atoms with Crippen LogP contribution in [0.1, 0.15) is 31.7 Å². The summed E-state index contributed by atoms with van der Waals surface area (Å²) in [6.45, 7) is 8.05. The lowest BCUT2D eigenvalue weighted by molar-refractivity contribution is 0.434. The molecule has 0 aliphatic rings. The van der Waals surface area contributed by atoms with Crippen LogP contribution in [0, 0.1) is 18.8 Å². The van der Waals surface area contributed by atoms with Gasteiger partial charge < -0.3 is 0 Å². The van der Waals surface area contributed by atoms with E-state index >= 15 is 0 Å². The van der Waals surface area contributed by atoms with Gasteiger partial charge >= 0.3 is 0 Å². The molecule has 3 nitrogen and oxygen atoms in total. The third-order valence-corrected chi connectivity index (χ3v) is 5.02. The molecular formula is C17H23NO2S. The van der Waals surface area contributed by atoms with Crippen molar-refractivity contribution in [3.63, 3.8) is 0 Å². The molecule has 0 unspecified atom stereocenters. The molecule has 0 fully saturated rings. The van der Waals surface area contributed by atoms with Gasteiger partial charge in [-0.05, 0) is 45.2 Å². The number of benzene rings is 1. The number of rotatable bonds is 8. The number of hydrogen-bond donors (Lipinski definition) is 0. The minimum absolute atomic E-state index is 0.237. The molecule has 0 heterocycles. The Kier molecular flexibility index (Phi) is 7.21. The molecule has 0 saturated heterocycles. The largest absolute Gasteiger partial charge is 0.243 e. The normalized spacial score (nSPS) is 11.0. The van der Waals surface area contributed by atoms with Gasteiger partial charge in [0.1, 0.15) is 0 Å². The van der Waals surface area contributed by atoms with Crippen LogP contribution in [0.2, 0.25) is 0 Å². The highest BCUT2D eigenvalue weighted by atomic mass is 32.2. The maximum Gasteiger partial charge on any atom is 0.243 e. The van der Waals surface area contributed by atoms with Crippen LogP contribution in [0.5, 0.6) is 0 Å². The highest BCUT2D eigenvalue weighted by molar-refractivity contribution is 7.89. The minimum Gasteiger partial charge on any atom is -0.207 e.